The van der Waals surface area contributed by atoms with E-state index in [0.717, 1.165) is 39.4 Å². The Kier molecular flexibility index (Phi) is 3.81. The lowest BCUT2D eigenvalue weighted by Crippen LogP contribution is -2.17. The molecule has 4 heteroatoms. The second-order valence-electron chi connectivity index (χ2n) is 5.40. The van der Waals surface area contributed by atoms with E-state index in [1.807, 2.05) is 32.0 Å². The van der Waals surface area contributed by atoms with Crippen LogP contribution in [0.2, 0.25) is 0 Å². The Morgan fingerprint density at radius 2 is 2.05 bits per heavy atom. The first-order chi connectivity index (χ1) is 10.1. The van der Waals surface area contributed by atoms with E-state index in [0.29, 0.717) is 5.75 Å². The first-order valence-electron chi connectivity index (χ1n) is 7.05. The summed E-state index contributed by atoms with van der Waals surface area (Å²) in [7, 11) is 0. The van der Waals surface area contributed by atoms with Crippen LogP contribution in [-0.2, 0) is 0 Å². The van der Waals surface area contributed by atoms with Gasteiger partial charge in [-0.15, -0.1) is 11.8 Å². The zero-order valence-corrected chi connectivity index (χ0v) is 12.9. The number of nitrogens with one attached hydrogen (secondary N) is 1. The maximum Gasteiger partial charge on any atom is 0.137 e. The molecule has 0 aliphatic carbocycles. The Labute approximate surface area is 128 Å². The molecule has 0 saturated heterocycles. The van der Waals surface area contributed by atoms with E-state index in [9.17, 15) is 9.50 Å². The highest BCUT2D eigenvalue weighted by Gasteiger charge is 2.23. The molecular weight excluding hydrogens is 285 g/mol. The Morgan fingerprint density at radius 1 is 1.24 bits per heavy atom. The number of benzene rings is 2. The summed E-state index contributed by atoms with van der Waals surface area (Å²) in [4.78, 5) is 0.746. The maximum atomic E-state index is 13.9. The van der Waals surface area contributed by atoms with Gasteiger partial charge in [-0.2, -0.15) is 0 Å². The third-order valence-electron chi connectivity index (χ3n) is 3.99. The minimum Gasteiger partial charge on any atom is -0.507 e. The van der Waals surface area contributed by atoms with Gasteiger partial charge in [-0.1, -0.05) is 18.2 Å². The number of aromatic hydroxyl groups is 1. The number of aryl methyl sites for hydroxylation is 1. The minimum absolute atomic E-state index is 0.0813. The molecule has 2 N–H and O–H groups in total. The number of rotatable bonds is 2. The van der Waals surface area contributed by atoms with Crippen molar-refractivity contribution in [2.24, 2.45) is 0 Å². The lowest BCUT2D eigenvalue weighted by Gasteiger charge is -2.28. The molecule has 0 spiro atoms. The largest absolute Gasteiger partial charge is 0.507 e. The van der Waals surface area contributed by atoms with Gasteiger partial charge in [0.25, 0.3) is 0 Å². The van der Waals surface area contributed by atoms with E-state index in [-0.39, 0.29) is 11.9 Å². The van der Waals surface area contributed by atoms with Crippen molar-refractivity contribution in [3.8, 4) is 5.75 Å². The maximum absolute atomic E-state index is 13.9. The molecule has 0 amide bonds. The number of hydrogen-bond donors (Lipinski definition) is 2. The van der Waals surface area contributed by atoms with Gasteiger partial charge < -0.3 is 10.4 Å². The SMILES string of the molecule is Cc1ccc(NC2CCSc3c(F)cccc32)c(C)c1O. The zero-order chi connectivity index (χ0) is 15.0. The minimum atomic E-state index is -0.146. The van der Waals surface area contributed by atoms with Gasteiger partial charge in [-0.3, -0.25) is 0 Å². The number of phenolic OH excluding ortho intramolecular Hbond substituents is 1. The molecule has 110 valence electrons. The number of fused-ring (bicyclic) bond motifs is 1. The van der Waals surface area contributed by atoms with Gasteiger partial charge in [0.2, 0.25) is 0 Å². The molecule has 0 aromatic heterocycles. The Hall–Kier alpha value is -1.68. The molecule has 0 bridgehead atoms. The van der Waals surface area contributed by atoms with Gasteiger partial charge in [0, 0.05) is 21.9 Å². The summed E-state index contributed by atoms with van der Waals surface area (Å²) in [6, 6.07) is 9.20. The van der Waals surface area contributed by atoms with E-state index in [2.05, 4.69) is 5.32 Å². The average Bonchev–Trinajstić information content (AvgIpc) is 2.49. The van der Waals surface area contributed by atoms with Crippen molar-refractivity contribution in [1.29, 1.82) is 0 Å². The van der Waals surface area contributed by atoms with Crippen molar-refractivity contribution in [3.63, 3.8) is 0 Å². The smallest absolute Gasteiger partial charge is 0.137 e. The fraction of sp³-hybridized carbons (Fsp3) is 0.294. The van der Waals surface area contributed by atoms with E-state index < -0.39 is 0 Å². The van der Waals surface area contributed by atoms with Crippen molar-refractivity contribution >= 4 is 17.4 Å². The molecule has 0 radical (unpaired) electrons. The summed E-state index contributed by atoms with van der Waals surface area (Å²) in [5.74, 6) is 1.07. The molecule has 1 aliphatic heterocycles. The molecule has 0 saturated carbocycles. The molecular formula is C17H18FNOS. The second-order valence-corrected chi connectivity index (χ2v) is 6.50. The molecule has 2 nitrogen and oxygen atoms in total. The van der Waals surface area contributed by atoms with E-state index in [1.165, 1.54) is 6.07 Å². The normalized spacial score (nSPS) is 17.4. The van der Waals surface area contributed by atoms with Crippen molar-refractivity contribution in [2.75, 3.05) is 11.1 Å². The third kappa shape index (κ3) is 2.60. The van der Waals surface area contributed by atoms with Crippen molar-refractivity contribution in [2.45, 2.75) is 31.2 Å². The predicted octanol–water partition coefficient (Wildman–Crippen LogP) is 4.80. The number of halogens is 1. The van der Waals surface area contributed by atoms with Crippen LogP contribution in [-0.4, -0.2) is 10.9 Å². The molecule has 0 fully saturated rings. The summed E-state index contributed by atoms with van der Waals surface area (Å²) in [5, 5.41) is 13.5. The van der Waals surface area contributed by atoms with Crippen LogP contribution in [0.4, 0.5) is 10.1 Å². The van der Waals surface area contributed by atoms with Gasteiger partial charge in [-0.25, -0.2) is 4.39 Å². The van der Waals surface area contributed by atoms with Gasteiger partial charge in [0.15, 0.2) is 0 Å². The molecule has 1 atom stereocenters. The van der Waals surface area contributed by atoms with Gasteiger partial charge >= 0.3 is 0 Å². The van der Waals surface area contributed by atoms with Crippen LogP contribution < -0.4 is 5.32 Å². The third-order valence-corrected chi connectivity index (χ3v) is 5.15. The number of thioether (sulfide) groups is 1. The highest BCUT2D eigenvalue weighted by Crippen LogP contribution is 2.40. The van der Waals surface area contributed by atoms with Crippen LogP contribution >= 0.6 is 11.8 Å². The molecule has 1 aliphatic rings. The molecule has 3 rings (SSSR count). The van der Waals surface area contributed by atoms with Gasteiger partial charge in [-0.05, 0) is 43.5 Å². The first kappa shape index (κ1) is 14.3. The molecule has 21 heavy (non-hydrogen) atoms. The van der Waals surface area contributed by atoms with Gasteiger partial charge in [0.1, 0.15) is 11.6 Å². The van der Waals surface area contributed by atoms with Crippen LogP contribution in [0.15, 0.2) is 35.2 Å². The summed E-state index contributed by atoms with van der Waals surface area (Å²) in [5.41, 5.74) is 3.62. The summed E-state index contributed by atoms with van der Waals surface area (Å²) < 4.78 is 13.9. The number of phenols is 1. The molecule has 2 aromatic carbocycles. The van der Waals surface area contributed by atoms with Crippen LogP contribution in [0.25, 0.3) is 0 Å². The average molecular weight is 303 g/mol. The summed E-state index contributed by atoms with van der Waals surface area (Å²) in [6.07, 6.45) is 0.940. The number of anilines is 1. The second kappa shape index (κ2) is 5.60. The quantitative estimate of drug-likeness (QED) is 0.836. The van der Waals surface area contributed by atoms with Crippen LogP contribution in [0, 0.1) is 19.7 Å². The highest BCUT2D eigenvalue weighted by atomic mass is 32.2. The van der Waals surface area contributed by atoms with Crippen LogP contribution in [0.1, 0.15) is 29.2 Å². The standard InChI is InChI=1S/C17H18FNOS/c1-10-6-7-14(11(2)16(10)20)19-15-8-9-21-17-12(15)4-3-5-13(17)18/h3-7,15,19-20H,8-9H2,1-2H3. The summed E-state index contributed by atoms with van der Waals surface area (Å²) >= 11 is 1.58. The zero-order valence-electron chi connectivity index (χ0n) is 12.1. The monoisotopic (exact) mass is 303 g/mol. The highest BCUT2D eigenvalue weighted by molar-refractivity contribution is 7.99. The Bertz CT molecular complexity index is 687. The predicted molar refractivity (Wildman–Crippen MR) is 85.7 cm³/mol. The topological polar surface area (TPSA) is 32.3 Å². The number of hydrogen-bond acceptors (Lipinski definition) is 3. The Morgan fingerprint density at radius 3 is 2.86 bits per heavy atom. The van der Waals surface area contributed by atoms with Gasteiger partial charge in [0.05, 0.1) is 6.04 Å². The molecule has 1 unspecified atom stereocenters. The lowest BCUT2D eigenvalue weighted by atomic mass is 10.0. The fourth-order valence-corrected chi connectivity index (χ4v) is 3.86. The summed E-state index contributed by atoms with van der Waals surface area (Å²) in [6.45, 7) is 3.78. The first-order valence-corrected chi connectivity index (χ1v) is 8.03. The van der Waals surface area contributed by atoms with Crippen molar-refractivity contribution < 1.29 is 9.50 Å². The fourth-order valence-electron chi connectivity index (χ4n) is 2.72. The van der Waals surface area contributed by atoms with E-state index >= 15 is 0 Å². The molecule has 1 heterocycles. The van der Waals surface area contributed by atoms with Crippen LogP contribution in [0.5, 0.6) is 5.75 Å². The van der Waals surface area contributed by atoms with E-state index in [1.54, 1.807) is 17.8 Å². The Balaban J connectivity index is 1.94. The lowest BCUT2D eigenvalue weighted by molar-refractivity contribution is 0.467. The van der Waals surface area contributed by atoms with E-state index in [4.69, 9.17) is 0 Å². The van der Waals surface area contributed by atoms with Crippen LogP contribution in [0.3, 0.4) is 0 Å². The van der Waals surface area contributed by atoms with Crippen molar-refractivity contribution in [1.82, 2.24) is 0 Å². The van der Waals surface area contributed by atoms with Crippen molar-refractivity contribution in [3.05, 3.63) is 52.8 Å². The molecule has 2 aromatic rings.